The summed E-state index contributed by atoms with van der Waals surface area (Å²) < 4.78 is 23.0. The molecule has 0 N–H and O–H groups in total. The highest BCUT2D eigenvalue weighted by molar-refractivity contribution is 7.74. The molecule has 0 fully saturated rings. The summed E-state index contributed by atoms with van der Waals surface area (Å²) >= 11 is -2.52. The zero-order valence-electron chi connectivity index (χ0n) is 4.58. The normalized spacial score (nSPS) is 12.4. The standard InChI is InChI=1S/C3H7NO3S/c1-3(2)4-7-8(5)6/h1-2H3,(H,5,6)/p-1. The van der Waals surface area contributed by atoms with Crippen molar-refractivity contribution in [2.45, 2.75) is 13.8 Å². The molecular formula is C3H6NO3S-. The predicted molar refractivity (Wildman–Crippen MR) is 28.8 cm³/mol. The first-order chi connectivity index (χ1) is 3.63. The van der Waals surface area contributed by atoms with Crippen molar-refractivity contribution in [2.75, 3.05) is 0 Å². The van der Waals surface area contributed by atoms with E-state index < -0.39 is 11.4 Å². The van der Waals surface area contributed by atoms with E-state index in [2.05, 4.69) is 9.44 Å². The second kappa shape index (κ2) is 3.57. The van der Waals surface area contributed by atoms with Crippen LogP contribution in [0.25, 0.3) is 0 Å². The largest absolute Gasteiger partial charge is 0.738 e. The van der Waals surface area contributed by atoms with E-state index in [1.54, 1.807) is 13.8 Å². The SMILES string of the molecule is CC(C)=NOS(=O)[O-]. The van der Waals surface area contributed by atoms with E-state index in [-0.39, 0.29) is 0 Å². The molecule has 0 saturated carbocycles. The molecule has 0 rings (SSSR count). The summed E-state index contributed by atoms with van der Waals surface area (Å²) in [4.78, 5) is 0. The van der Waals surface area contributed by atoms with Crippen LogP contribution >= 0.6 is 0 Å². The minimum absolute atomic E-state index is 0.564. The Labute approximate surface area is 50.0 Å². The van der Waals surface area contributed by atoms with Gasteiger partial charge in [0.15, 0.2) is 11.4 Å². The topological polar surface area (TPSA) is 61.7 Å². The number of nitrogens with zero attached hydrogens (tertiary/aromatic N) is 1. The maximum atomic E-state index is 9.57. The van der Waals surface area contributed by atoms with E-state index in [0.717, 1.165) is 0 Å². The van der Waals surface area contributed by atoms with E-state index >= 15 is 0 Å². The molecule has 0 spiro atoms. The Balaban J connectivity index is 3.45. The molecule has 0 amide bonds. The van der Waals surface area contributed by atoms with Crippen LogP contribution in [0.5, 0.6) is 0 Å². The van der Waals surface area contributed by atoms with Gasteiger partial charge >= 0.3 is 0 Å². The Morgan fingerprint density at radius 1 is 1.75 bits per heavy atom. The molecule has 0 aromatic rings. The van der Waals surface area contributed by atoms with Crippen LogP contribution in [0.15, 0.2) is 5.16 Å². The Morgan fingerprint density at radius 3 is 2.38 bits per heavy atom. The lowest BCUT2D eigenvalue weighted by Gasteiger charge is -1.97. The van der Waals surface area contributed by atoms with Crippen molar-refractivity contribution >= 4 is 17.1 Å². The van der Waals surface area contributed by atoms with Gasteiger partial charge in [0.25, 0.3) is 0 Å². The van der Waals surface area contributed by atoms with Gasteiger partial charge in [-0.15, -0.1) is 0 Å². The smallest absolute Gasteiger partial charge is 0.169 e. The molecule has 0 aliphatic rings. The fourth-order valence-corrected chi connectivity index (χ4v) is 0.315. The average molecular weight is 136 g/mol. The minimum atomic E-state index is -2.52. The summed E-state index contributed by atoms with van der Waals surface area (Å²) in [6.45, 7) is 3.26. The van der Waals surface area contributed by atoms with Crippen molar-refractivity contribution in [3.05, 3.63) is 0 Å². The Kier molecular flexibility index (Phi) is 3.38. The summed E-state index contributed by atoms with van der Waals surface area (Å²) in [6, 6.07) is 0. The number of rotatable bonds is 2. The first-order valence-corrected chi connectivity index (χ1v) is 2.91. The molecule has 8 heavy (non-hydrogen) atoms. The first kappa shape index (κ1) is 7.58. The van der Waals surface area contributed by atoms with E-state index in [1.807, 2.05) is 0 Å². The lowest BCUT2D eigenvalue weighted by Crippen LogP contribution is -1.90. The Morgan fingerprint density at radius 2 is 2.25 bits per heavy atom. The van der Waals surface area contributed by atoms with Gasteiger partial charge in [0.1, 0.15) is 0 Å². The highest BCUT2D eigenvalue weighted by Gasteiger charge is 1.77. The maximum Gasteiger partial charge on any atom is 0.169 e. The van der Waals surface area contributed by atoms with E-state index in [4.69, 9.17) is 0 Å². The lowest BCUT2D eigenvalue weighted by atomic mass is 10.5. The molecular weight excluding hydrogens is 130 g/mol. The van der Waals surface area contributed by atoms with Gasteiger partial charge in [0.2, 0.25) is 0 Å². The van der Waals surface area contributed by atoms with Gasteiger partial charge in [-0.2, -0.15) is 0 Å². The van der Waals surface area contributed by atoms with E-state index in [0.29, 0.717) is 5.71 Å². The minimum Gasteiger partial charge on any atom is -0.738 e. The summed E-state index contributed by atoms with van der Waals surface area (Å²) in [6.07, 6.45) is 0. The quantitative estimate of drug-likeness (QED) is 0.309. The molecule has 48 valence electrons. The molecule has 1 unspecified atom stereocenters. The van der Waals surface area contributed by atoms with Crippen molar-refractivity contribution in [1.29, 1.82) is 0 Å². The Hall–Kier alpha value is -0.420. The van der Waals surface area contributed by atoms with Gasteiger partial charge in [-0.1, -0.05) is 5.16 Å². The molecule has 4 nitrogen and oxygen atoms in total. The van der Waals surface area contributed by atoms with Crippen LogP contribution in [-0.4, -0.2) is 14.5 Å². The first-order valence-electron chi connectivity index (χ1n) is 1.91. The third kappa shape index (κ3) is 5.58. The summed E-state index contributed by atoms with van der Waals surface area (Å²) in [5.74, 6) is 0. The number of oxime groups is 1. The lowest BCUT2D eigenvalue weighted by molar-refractivity contribution is 0.317. The van der Waals surface area contributed by atoms with Crippen LogP contribution in [0.1, 0.15) is 13.8 Å². The van der Waals surface area contributed by atoms with Crippen LogP contribution in [0.2, 0.25) is 0 Å². The number of hydrogen-bond acceptors (Lipinski definition) is 4. The van der Waals surface area contributed by atoms with Gasteiger partial charge in [-0.25, -0.2) is 4.21 Å². The zero-order valence-corrected chi connectivity index (χ0v) is 5.40. The molecule has 0 aliphatic carbocycles. The van der Waals surface area contributed by atoms with Crippen LogP contribution in [0, 0.1) is 0 Å². The van der Waals surface area contributed by atoms with Gasteiger partial charge in [-0.05, 0) is 13.8 Å². The molecule has 0 aliphatic heterocycles. The number of hydrogen-bond donors (Lipinski definition) is 0. The maximum absolute atomic E-state index is 9.57. The van der Waals surface area contributed by atoms with Crippen LogP contribution < -0.4 is 0 Å². The summed E-state index contributed by atoms with van der Waals surface area (Å²) in [7, 11) is 0. The monoisotopic (exact) mass is 136 g/mol. The zero-order chi connectivity index (χ0) is 6.57. The summed E-state index contributed by atoms with van der Waals surface area (Å²) in [5, 5.41) is 3.13. The van der Waals surface area contributed by atoms with Gasteiger partial charge in [-0.3, -0.25) is 0 Å². The van der Waals surface area contributed by atoms with Gasteiger partial charge in [0, 0.05) is 0 Å². The van der Waals surface area contributed by atoms with Crippen LogP contribution in [0.3, 0.4) is 0 Å². The Bertz CT molecular complexity index is 118. The fraction of sp³-hybridized carbons (Fsp3) is 0.667. The van der Waals surface area contributed by atoms with Gasteiger partial charge < -0.3 is 8.84 Å². The van der Waals surface area contributed by atoms with Crippen molar-refractivity contribution < 1.29 is 13.0 Å². The van der Waals surface area contributed by atoms with Crippen LogP contribution in [0.4, 0.5) is 0 Å². The molecule has 0 bridgehead atoms. The highest BCUT2D eigenvalue weighted by Crippen LogP contribution is 1.80. The molecule has 0 radical (unpaired) electrons. The molecule has 0 heterocycles. The second-order valence-electron chi connectivity index (χ2n) is 1.32. The molecule has 1 atom stereocenters. The van der Waals surface area contributed by atoms with Crippen LogP contribution in [-0.2, 0) is 15.6 Å². The third-order valence-electron chi connectivity index (χ3n) is 0.281. The van der Waals surface area contributed by atoms with E-state index in [1.165, 1.54) is 0 Å². The van der Waals surface area contributed by atoms with Crippen molar-refractivity contribution in [3.8, 4) is 0 Å². The molecule has 0 aromatic heterocycles. The van der Waals surface area contributed by atoms with E-state index in [9.17, 15) is 8.76 Å². The third-order valence-corrected chi connectivity index (χ3v) is 0.477. The van der Waals surface area contributed by atoms with Gasteiger partial charge in [0.05, 0.1) is 5.71 Å². The highest BCUT2D eigenvalue weighted by atomic mass is 32.2. The molecule has 5 heteroatoms. The fourth-order valence-electron chi connectivity index (χ4n) is 0.105. The van der Waals surface area contributed by atoms with Crippen molar-refractivity contribution in [1.82, 2.24) is 0 Å². The van der Waals surface area contributed by atoms with Crippen molar-refractivity contribution in [3.63, 3.8) is 0 Å². The molecule has 0 saturated heterocycles. The second-order valence-corrected chi connectivity index (χ2v) is 1.87. The predicted octanol–water partition coefficient (Wildman–Crippen LogP) is 0.193. The van der Waals surface area contributed by atoms with Crippen molar-refractivity contribution in [2.24, 2.45) is 5.16 Å². The average Bonchev–Trinajstić information content (AvgIpc) is 1.61. The summed E-state index contributed by atoms with van der Waals surface area (Å²) in [5.41, 5.74) is 0.564. The molecule has 0 aromatic carbocycles.